The minimum absolute atomic E-state index is 0.00569. The zero-order chi connectivity index (χ0) is 17.4. The first-order valence-electron chi connectivity index (χ1n) is 8.70. The summed E-state index contributed by atoms with van der Waals surface area (Å²) in [5, 5.41) is 0.501. The van der Waals surface area contributed by atoms with Crippen molar-refractivity contribution in [1.29, 1.82) is 0 Å². The minimum Gasteiger partial charge on any atom is -0.381 e. The minimum atomic E-state index is -0.242. The Morgan fingerprint density at radius 2 is 2.08 bits per heavy atom. The third-order valence-corrected chi connectivity index (χ3v) is 5.54. The Balaban J connectivity index is 1.63. The Kier molecular flexibility index (Phi) is 4.21. The van der Waals surface area contributed by atoms with Crippen molar-refractivity contribution < 1.29 is 9.53 Å². The molecule has 3 heterocycles. The van der Waals surface area contributed by atoms with Gasteiger partial charge in [-0.15, -0.1) is 0 Å². The van der Waals surface area contributed by atoms with Crippen LogP contribution in [0.5, 0.6) is 0 Å². The first kappa shape index (κ1) is 16.5. The number of carbonyl (C=O) groups excluding carboxylic acids is 1. The van der Waals surface area contributed by atoms with Crippen LogP contribution in [-0.2, 0) is 4.74 Å². The molecule has 7 heteroatoms. The maximum absolute atomic E-state index is 13.0. The molecule has 4 rings (SSSR count). The smallest absolute Gasteiger partial charge is 0.259 e. The second kappa shape index (κ2) is 6.38. The van der Waals surface area contributed by atoms with Crippen LogP contribution in [0, 0.1) is 10.2 Å². The van der Waals surface area contributed by atoms with Gasteiger partial charge in [-0.2, -0.15) is 0 Å². The molecule has 1 spiro atoms. The van der Waals surface area contributed by atoms with Gasteiger partial charge in [0, 0.05) is 30.7 Å². The van der Waals surface area contributed by atoms with E-state index >= 15 is 0 Å². The lowest BCUT2D eigenvalue weighted by molar-refractivity contribution is -0.0434. The number of ether oxygens (including phenoxy) is 1. The number of hydrogen-bond acceptors (Lipinski definition) is 4. The van der Waals surface area contributed by atoms with Crippen molar-refractivity contribution in [3.05, 3.63) is 38.9 Å². The molecule has 2 aromatic rings. The van der Waals surface area contributed by atoms with E-state index in [1.54, 1.807) is 18.2 Å². The lowest BCUT2D eigenvalue weighted by Crippen LogP contribution is -2.49. The number of piperidine rings is 1. The molecule has 2 aliphatic heterocycles. The van der Waals surface area contributed by atoms with Crippen LogP contribution in [0.25, 0.3) is 10.9 Å². The van der Waals surface area contributed by atoms with Crippen molar-refractivity contribution >= 4 is 29.0 Å². The molecule has 2 aliphatic rings. The van der Waals surface area contributed by atoms with Gasteiger partial charge in [0.15, 0.2) is 4.77 Å². The summed E-state index contributed by atoms with van der Waals surface area (Å²) in [6, 6.07) is 5.12. The van der Waals surface area contributed by atoms with E-state index in [1.165, 1.54) is 0 Å². The number of nitrogens with one attached hydrogen (secondary N) is 2. The van der Waals surface area contributed by atoms with Crippen LogP contribution in [0.2, 0.25) is 0 Å². The third kappa shape index (κ3) is 3.14. The fraction of sp³-hybridized carbons (Fsp3) is 0.500. The highest BCUT2D eigenvalue weighted by molar-refractivity contribution is 7.71. The number of fused-ring (bicyclic) bond motifs is 1. The Hall–Kier alpha value is -1.99. The van der Waals surface area contributed by atoms with E-state index < -0.39 is 0 Å². The Bertz CT molecular complexity index is 922. The van der Waals surface area contributed by atoms with Crippen molar-refractivity contribution in [2.45, 2.75) is 25.7 Å². The Morgan fingerprint density at radius 3 is 2.88 bits per heavy atom. The number of hydrogen-bond donors (Lipinski definition) is 2. The molecular formula is C18H21N3O3S. The molecule has 1 aromatic carbocycles. The maximum Gasteiger partial charge on any atom is 0.259 e. The predicted molar refractivity (Wildman–Crippen MR) is 97.4 cm³/mol. The molecule has 6 nitrogen and oxygen atoms in total. The Morgan fingerprint density at radius 1 is 1.24 bits per heavy atom. The summed E-state index contributed by atoms with van der Waals surface area (Å²) in [5.74, 6) is 0.00569. The summed E-state index contributed by atoms with van der Waals surface area (Å²) >= 11 is 5.02. The lowest BCUT2D eigenvalue weighted by atomic mass is 9.75. The number of H-pyrrole nitrogens is 2. The van der Waals surface area contributed by atoms with Gasteiger partial charge in [0.25, 0.3) is 11.5 Å². The molecule has 2 N–H and O–H groups in total. The zero-order valence-corrected chi connectivity index (χ0v) is 14.8. The molecule has 2 fully saturated rings. The number of rotatable bonds is 1. The monoisotopic (exact) mass is 359 g/mol. The van der Waals surface area contributed by atoms with E-state index in [-0.39, 0.29) is 21.7 Å². The van der Waals surface area contributed by atoms with Crippen LogP contribution in [0.3, 0.4) is 0 Å². The number of nitrogens with zero attached hydrogens (tertiary/aromatic N) is 1. The van der Waals surface area contributed by atoms with E-state index in [9.17, 15) is 9.59 Å². The van der Waals surface area contributed by atoms with Crippen molar-refractivity contribution in [3.8, 4) is 0 Å². The molecular weight excluding hydrogens is 338 g/mol. The average Bonchev–Trinajstić information content (AvgIpc) is 2.61. The highest BCUT2D eigenvalue weighted by Crippen LogP contribution is 2.37. The molecule has 1 amide bonds. The molecule has 132 valence electrons. The fourth-order valence-corrected chi connectivity index (χ4v) is 4.30. The molecule has 0 aliphatic carbocycles. The van der Waals surface area contributed by atoms with Crippen molar-refractivity contribution in [2.24, 2.45) is 5.41 Å². The number of amides is 1. The molecule has 0 unspecified atom stereocenters. The highest BCUT2D eigenvalue weighted by Gasteiger charge is 2.38. The van der Waals surface area contributed by atoms with Gasteiger partial charge in [0.05, 0.1) is 17.5 Å². The normalized spacial score (nSPS) is 23.9. The highest BCUT2D eigenvalue weighted by atomic mass is 32.1. The van der Waals surface area contributed by atoms with Gasteiger partial charge in [0.1, 0.15) is 0 Å². The quantitative estimate of drug-likeness (QED) is 0.767. The molecule has 1 aromatic heterocycles. The molecule has 0 radical (unpaired) electrons. The van der Waals surface area contributed by atoms with E-state index in [4.69, 9.17) is 17.0 Å². The summed E-state index contributed by atoms with van der Waals surface area (Å²) in [5.41, 5.74) is 1.04. The van der Waals surface area contributed by atoms with E-state index in [1.807, 2.05) is 4.90 Å². The third-order valence-electron chi connectivity index (χ3n) is 5.34. The second-order valence-electron chi connectivity index (χ2n) is 7.16. The predicted octanol–water partition coefficient (Wildman–Crippen LogP) is 2.62. The van der Waals surface area contributed by atoms with Gasteiger partial charge >= 0.3 is 0 Å². The topological polar surface area (TPSA) is 78.2 Å². The maximum atomic E-state index is 13.0. The number of aromatic amines is 2. The van der Waals surface area contributed by atoms with E-state index in [2.05, 4.69) is 9.97 Å². The van der Waals surface area contributed by atoms with Gasteiger partial charge < -0.3 is 14.6 Å². The van der Waals surface area contributed by atoms with Gasteiger partial charge in [-0.25, -0.2) is 0 Å². The number of carbonyl (C=O) groups is 1. The van der Waals surface area contributed by atoms with Crippen LogP contribution in [0.1, 0.15) is 36.0 Å². The van der Waals surface area contributed by atoms with Crippen molar-refractivity contribution in [3.63, 3.8) is 0 Å². The molecule has 0 saturated carbocycles. The second-order valence-corrected chi connectivity index (χ2v) is 7.56. The summed E-state index contributed by atoms with van der Waals surface area (Å²) in [7, 11) is 0. The molecule has 25 heavy (non-hydrogen) atoms. The molecule has 2 saturated heterocycles. The van der Waals surface area contributed by atoms with Crippen LogP contribution in [0.4, 0.5) is 0 Å². The standard InChI is InChI=1S/C18H21N3O3S/c22-15-13-4-3-12(9-14(13)19-17(25)20-15)16(23)21-7-1-5-18(10-21)6-2-8-24-11-18/h3-4,9H,1-2,5-8,10-11H2,(H2,19,20,22,25)/t18-/m1/s1. The van der Waals surface area contributed by atoms with Gasteiger partial charge in [-0.1, -0.05) is 0 Å². The summed E-state index contributed by atoms with van der Waals surface area (Å²) in [6.45, 7) is 3.09. The first-order chi connectivity index (χ1) is 12.1. The molecule has 0 bridgehead atoms. The SMILES string of the molecule is O=C(c1ccc2c(=O)[nH]c(=S)[nH]c2c1)N1CCC[C@@]2(CCCOC2)C1. The van der Waals surface area contributed by atoms with E-state index in [0.29, 0.717) is 16.5 Å². The van der Waals surface area contributed by atoms with Gasteiger partial charge in [-0.05, 0) is 56.1 Å². The summed E-state index contributed by atoms with van der Waals surface area (Å²) in [6.07, 6.45) is 4.32. The summed E-state index contributed by atoms with van der Waals surface area (Å²) in [4.78, 5) is 32.4. The number of benzene rings is 1. The summed E-state index contributed by atoms with van der Waals surface area (Å²) < 4.78 is 5.95. The number of aromatic nitrogens is 2. The first-order valence-corrected chi connectivity index (χ1v) is 9.11. The van der Waals surface area contributed by atoms with Crippen LogP contribution in [-0.4, -0.2) is 47.1 Å². The number of likely N-dealkylation sites (tertiary alicyclic amines) is 1. The zero-order valence-electron chi connectivity index (χ0n) is 14.0. The molecule has 1 atom stereocenters. The Labute approximate surface area is 150 Å². The van der Waals surface area contributed by atoms with Gasteiger partial charge in [-0.3, -0.25) is 14.6 Å². The van der Waals surface area contributed by atoms with Crippen molar-refractivity contribution in [2.75, 3.05) is 26.3 Å². The van der Waals surface area contributed by atoms with E-state index in [0.717, 1.165) is 52.0 Å². The van der Waals surface area contributed by atoms with Crippen LogP contribution >= 0.6 is 12.2 Å². The fourth-order valence-electron chi connectivity index (χ4n) is 4.10. The van der Waals surface area contributed by atoms with Crippen LogP contribution in [0.15, 0.2) is 23.0 Å². The average molecular weight is 359 g/mol. The van der Waals surface area contributed by atoms with Crippen molar-refractivity contribution in [1.82, 2.24) is 14.9 Å². The lowest BCUT2D eigenvalue weighted by Gasteiger charge is -2.44. The largest absolute Gasteiger partial charge is 0.381 e. The van der Waals surface area contributed by atoms with Crippen LogP contribution < -0.4 is 5.56 Å². The van der Waals surface area contributed by atoms with Gasteiger partial charge in [0.2, 0.25) is 0 Å².